The Morgan fingerprint density at radius 2 is 2.00 bits per heavy atom. The third kappa shape index (κ3) is 3.71. The van der Waals surface area contributed by atoms with E-state index in [1.807, 2.05) is 43.3 Å². The van der Waals surface area contributed by atoms with E-state index < -0.39 is 0 Å². The maximum atomic E-state index is 9.22. The molecule has 2 aromatic carbocycles. The fourth-order valence-corrected chi connectivity index (χ4v) is 2.98. The van der Waals surface area contributed by atoms with Crippen molar-refractivity contribution in [3.8, 4) is 29.0 Å². The highest BCUT2D eigenvalue weighted by Crippen LogP contribution is 2.40. The van der Waals surface area contributed by atoms with Crippen LogP contribution in [0.5, 0.6) is 5.75 Å². The van der Waals surface area contributed by atoms with Crippen molar-refractivity contribution in [2.45, 2.75) is 13.3 Å². The zero-order valence-corrected chi connectivity index (χ0v) is 14.9. The van der Waals surface area contributed by atoms with Crippen LogP contribution in [0.1, 0.15) is 24.5 Å². The van der Waals surface area contributed by atoms with E-state index in [2.05, 4.69) is 23.7 Å². The van der Waals surface area contributed by atoms with Gasteiger partial charge in [-0.05, 0) is 54.0 Å². The van der Waals surface area contributed by atoms with Gasteiger partial charge in [0.1, 0.15) is 17.2 Å². The first-order valence-electron chi connectivity index (χ1n) is 8.46. The van der Waals surface area contributed by atoms with Gasteiger partial charge in [-0.15, -0.1) is 0 Å². The van der Waals surface area contributed by atoms with Gasteiger partial charge in [0.25, 0.3) is 0 Å². The van der Waals surface area contributed by atoms with Crippen LogP contribution < -0.4 is 4.74 Å². The monoisotopic (exact) mass is 351 g/mol. The maximum Gasteiger partial charge on any atom is 0.134 e. The van der Waals surface area contributed by atoms with Crippen LogP contribution in [0.15, 0.2) is 77.6 Å². The lowest BCUT2D eigenvalue weighted by Gasteiger charge is -2.23. The third-order valence-corrected chi connectivity index (χ3v) is 4.22. The molecule has 0 aromatic heterocycles. The van der Waals surface area contributed by atoms with Crippen molar-refractivity contribution in [1.82, 2.24) is 0 Å². The molecule has 1 aliphatic heterocycles. The number of ether oxygens (including phenoxy) is 1. The summed E-state index contributed by atoms with van der Waals surface area (Å²) in [4.78, 5) is 4.29. The van der Waals surface area contributed by atoms with Crippen molar-refractivity contribution in [2.24, 2.45) is 4.99 Å². The fraction of sp³-hybridized carbons (Fsp3) is 0.0870. The molecule has 0 unspecified atom stereocenters. The number of fused-ring (bicyclic) bond motifs is 1. The van der Waals surface area contributed by atoms with E-state index in [9.17, 15) is 5.26 Å². The predicted molar refractivity (Wildman–Crippen MR) is 107 cm³/mol. The normalized spacial score (nSPS) is 16.2. The van der Waals surface area contributed by atoms with Crippen LogP contribution in [-0.2, 0) is 0 Å². The van der Waals surface area contributed by atoms with Crippen LogP contribution in [0, 0.1) is 22.7 Å². The molecule has 4 heteroatoms. The average molecular weight is 351 g/mol. The third-order valence-electron chi connectivity index (χ3n) is 4.22. The molecule has 2 aromatic rings. The Morgan fingerprint density at radius 1 is 1.19 bits per heavy atom. The van der Waals surface area contributed by atoms with Crippen LogP contribution in [0.4, 0.5) is 0 Å². The lowest BCUT2D eigenvalue weighted by atomic mass is 9.93. The summed E-state index contributed by atoms with van der Waals surface area (Å²) in [6.45, 7) is 5.62. The lowest BCUT2D eigenvalue weighted by molar-refractivity contribution is 0.401. The second kappa shape index (κ2) is 7.99. The summed E-state index contributed by atoms with van der Waals surface area (Å²) in [6.07, 6.45) is 5.32. The molecule has 0 atom stereocenters. The van der Waals surface area contributed by atoms with Crippen molar-refractivity contribution in [2.75, 3.05) is 0 Å². The van der Waals surface area contributed by atoms with Gasteiger partial charge < -0.3 is 4.74 Å². The number of hydrogen-bond acceptors (Lipinski definition) is 4. The first-order valence-corrected chi connectivity index (χ1v) is 8.46. The fourth-order valence-electron chi connectivity index (χ4n) is 2.98. The van der Waals surface area contributed by atoms with Gasteiger partial charge in [-0.2, -0.15) is 10.5 Å². The first kappa shape index (κ1) is 17.9. The molecule has 0 bridgehead atoms. The largest absolute Gasteiger partial charge is 0.458 e. The SMILES string of the molecule is C=C/C(N=CC)=C1\CC(=CC#N)c2cc(-c3cccc(C#N)c3)ccc2O1. The quantitative estimate of drug-likeness (QED) is 0.549. The van der Waals surface area contributed by atoms with Crippen molar-refractivity contribution >= 4 is 11.8 Å². The molecule has 0 aliphatic carbocycles. The van der Waals surface area contributed by atoms with Gasteiger partial charge >= 0.3 is 0 Å². The minimum Gasteiger partial charge on any atom is -0.458 e. The molecular formula is C23H17N3O. The molecule has 130 valence electrons. The van der Waals surface area contributed by atoms with Crippen molar-refractivity contribution in [1.29, 1.82) is 10.5 Å². The first-order chi connectivity index (χ1) is 13.2. The lowest BCUT2D eigenvalue weighted by Crippen LogP contribution is -2.08. The standard InChI is InChI=1S/C23H17N3O/c1-3-21(26-4-2)23-14-19(10-11-24)20-13-18(8-9-22(20)27-23)17-7-5-6-16(12-17)15-25/h3-10,12-13H,1,14H2,2H3/b19-10?,23-21-,26-4?. The highest BCUT2D eigenvalue weighted by atomic mass is 16.5. The van der Waals surface area contributed by atoms with E-state index in [1.54, 1.807) is 18.4 Å². The summed E-state index contributed by atoms with van der Waals surface area (Å²) in [5.41, 5.74) is 4.88. The Kier molecular flexibility index (Phi) is 5.30. The molecule has 3 rings (SSSR count). The summed E-state index contributed by atoms with van der Waals surface area (Å²) < 4.78 is 6.04. The molecule has 0 spiro atoms. The van der Waals surface area contributed by atoms with Gasteiger partial charge in [0, 0.05) is 24.3 Å². The summed E-state index contributed by atoms with van der Waals surface area (Å²) in [7, 11) is 0. The van der Waals surface area contributed by atoms with Gasteiger partial charge in [-0.3, -0.25) is 4.99 Å². The maximum absolute atomic E-state index is 9.22. The minimum absolute atomic E-state index is 0.459. The molecule has 0 fully saturated rings. The summed E-state index contributed by atoms with van der Waals surface area (Å²) in [5, 5.41) is 18.3. The van der Waals surface area contributed by atoms with Crippen LogP contribution in [0.3, 0.4) is 0 Å². The summed E-state index contributed by atoms with van der Waals surface area (Å²) in [6, 6.07) is 17.5. The molecule has 0 amide bonds. The molecule has 0 saturated heterocycles. The zero-order chi connectivity index (χ0) is 19.2. The predicted octanol–water partition coefficient (Wildman–Crippen LogP) is 5.40. The zero-order valence-electron chi connectivity index (χ0n) is 14.9. The van der Waals surface area contributed by atoms with E-state index in [4.69, 9.17) is 10.00 Å². The molecule has 1 heterocycles. The Balaban J connectivity index is 2.12. The number of nitriles is 2. The summed E-state index contributed by atoms with van der Waals surface area (Å²) in [5.74, 6) is 1.33. The van der Waals surface area contributed by atoms with Gasteiger partial charge in [0.15, 0.2) is 0 Å². The number of aliphatic imine (C=N–C) groups is 1. The number of benzene rings is 2. The molecule has 0 saturated carbocycles. The second-order valence-corrected chi connectivity index (χ2v) is 5.88. The van der Waals surface area contributed by atoms with Gasteiger partial charge in [-0.25, -0.2) is 0 Å². The summed E-state index contributed by atoms with van der Waals surface area (Å²) >= 11 is 0. The Hall–Kier alpha value is -3.89. The van der Waals surface area contributed by atoms with E-state index in [1.165, 1.54) is 6.08 Å². The van der Waals surface area contributed by atoms with Crippen LogP contribution >= 0.6 is 0 Å². The molecule has 4 nitrogen and oxygen atoms in total. The van der Waals surface area contributed by atoms with Crippen molar-refractivity contribution in [3.63, 3.8) is 0 Å². The average Bonchev–Trinajstić information content (AvgIpc) is 2.71. The molecular weight excluding hydrogens is 334 g/mol. The number of nitrogens with zero attached hydrogens (tertiary/aromatic N) is 3. The number of allylic oxidation sites excluding steroid dienone is 3. The van der Waals surface area contributed by atoms with Crippen molar-refractivity contribution < 1.29 is 4.74 Å². The molecule has 0 N–H and O–H groups in total. The Labute approximate surface area is 158 Å². The Morgan fingerprint density at radius 3 is 2.70 bits per heavy atom. The molecule has 1 aliphatic rings. The van der Waals surface area contributed by atoms with Crippen LogP contribution in [-0.4, -0.2) is 6.21 Å². The van der Waals surface area contributed by atoms with Gasteiger partial charge in [0.05, 0.1) is 17.7 Å². The smallest absolute Gasteiger partial charge is 0.134 e. The minimum atomic E-state index is 0.459. The van der Waals surface area contributed by atoms with Gasteiger partial charge in [0.2, 0.25) is 0 Å². The Bertz CT molecular complexity index is 1080. The topological polar surface area (TPSA) is 69.2 Å². The van der Waals surface area contributed by atoms with Crippen LogP contribution in [0.2, 0.25) is 0 Å². The van der Waals surface area contributed by atoms with E-state index >= 15 is 0 Å². The van der Waals surface area contributed by atoms with E-state index in [-0.39, 0.29) is 0 Å². The van der Waals surface area contributed by atoms with E-state index in [0.717, 1.165) is 22.3 Å². The van der Waals surface area contributed by atoms with Crippen LogP contribution in [0.25, 0.3) is 16.7 Å². The van der Waals surface area contributed by atoms with Crippen molar-refractivity contribution in [3.05, 3.63) is 83.8 Å². The highest BCUT2D eigenvalue weighted by molar-refractivity contribution is 5.80. The van der Waals surface area contributed by atoms with E-state index in [0.29, 0.717) is 29.2 Å². The highest BCUT2D eigenvalue weighted by Gasteiger charge is 2.22. The molecule has 0 radical (unpaired) electrons. The number of hydrogen-bond donors (Lipinski definition) is 0. The van der Waals surface area contributed by atoms with Gasteiger partial charge in [-0.1, -0.05) is 24.8 Å². The molecule has 27 heavy (non-hydrogen) atoms. The second-order valence-electron chi connectivity index (χ2n) is 5.88. The number of rotatable bonds is 3.